The fraction of sp³-hybridized carbons (Fsp3) is 0.174. The Morgan fingerprint density at radius 2 is 1.91 bits per heavy atom. The van der Waals surface area contributed by atoms with Crippen LogP contribution in [0.15, 0.2) is 54.6 Å². The van der Waals surface area contributed by atoms with Crippen molar-refractivity contribution in [3.8, 4) is 16.6 Å². The van der Waals surface area contributed by atoms with Crippen molar-refractivity contribution in [1.82, 2.24) is 14.5 Å². The molecule has 0 fully saturated rings. The lowest BCUT2D eigenvalue weighted by Crippen LogP contribution is -2.01. The van der Waals surface area contributed by atoms with Crippen LogP contribution in [-0.4, -0.2) is 46.6 Å². The van der Waals surface area contributed by atoms with Crippen LogP contribution in [0.5, 0.6) is 11.5 Å². The molecule has 1 aliphatic rings. The van der Waals surface area contributed by atoms with Gasteiger partial charge in [-0.2, -0.15) is 0 Å². The number of hydrogen-bond acceptors (Lipinski definition) is 8. The number of nitrogens with zero attached hydrogens (tertiary/aromatic N) is 3. The zero-order chi connectivity index (χ0) is 22.9. The Morgan fingerprint density at radius 3 is 2.64 bits per heavy atom. The normalized spacial score (nSPS) is 13.2. The fourth-order valence-electron chi connectivity index (χ4n) is 3.62. The Kier molecular flexibility index (Phi) is 5.35. The average Bonchev–Trinajstić information content (AvgIpc) is 3.56. The quantitative estimate of drug-likeness (QED) is 0.435. The lowest BCUT2D eigenvalue weighted by atomic mass is 10.1. The maximum atomic E-state index is 12.1. The van der Waals surface area contributed by atoms with Crippen LogP contribution in [0.25, 0.3) is 21.9 Å². The Labute approximate surface area is 192 Å². The first kappa shape index (κ1) is 20.8. The van der Waals surface area contributed by atoms with Crippen molar-refractivity contribution in [3.63, 3.8) is 0 Å². The van der Waals surface area contributed by atoms with E-state index in [1.807, 2.05) is 30.3 Å². The molecule has 10 heteroatoms. The van der Waals surface area contributed by atoms with E-state index in [1.54, 1.807) is 37.2 Å². The Morgan fingerprint density at radius 1 is 1.15 bits per heavy atom. The summed E-state index contributed by atoms with van der Waals surface area (Å²) >= 11 is 1.03. The number of rotatable bonds is 7. The summed E-state index contributed by atoms with van der Waals surface area (Å²) in [6.07, 6.45) is 2.05. The van der Waals surface area contributed by atoms with Crippen molar-refractivity contribution < 1.29 is 28.8 Å². The van der Waals surface area contributed by atoms with Gasteiger partial charge in [-0.3, -0.25) is 4.57 Å². The number of carboxylic acids is 1. The number of imidazole rings is 1. The van der Waals surface area contributed by atoms with Gasteiger partial charge in [-0.25, -0.2) is 14.8 Å². The lowest BCUT2D eigenvalue weighted by molar-refractivity contribution is 0.0697. The largest absolute Gasteiger partial charge is 0.493 e. The number of carboxylic acid groups (broad SMARTS) is 1. The third-order valence-corrected chi connectivity index (χ3v) is 6.22. The minimum atomic E-state index is -1.10. The van der Waals surface area contributed by atoms with Gasteiger partial charge in [-0.15, -0.1) is 0 Å². The van der Waals surface area contributed by atoms with E-state index >= 15 is 0 Å². The van der Waals surface area contributed by atoms with E-state index in [2.05, 4.69) is 9.97 Å². The van der Waals surface area contributed by atoms with Gasteiger partial charge in [0.1, 0.15) is 22.7 Å². The molecule has 0 amide bonds. The predicted molar refractivity (Wildman–Crippen MR) is 121 cm³/mol. The van der Waals surface area contributed by atoms with Crippen LogP contribution in [0.2, 0.25) is 0 Å². The van der Waals surface area contributed by atoms with Gasteiger partial charge in [0.15, 0.2) is 22.4 Å². The highest BCUT2D eigenvalue weighted by molar-refractivity contribution is 7.16. The van der Waals surface area contributed by atoms with Crippen LogP contribution in [0.4, 0.5) is 0 Å². The summed E-state index contributed by atoms with van der Waals surface area (Å²) in [5.41, 5.74) is 2.61. The second kappa shape index (κ2) is 8.47. The van der Waals surface area contributed by atoms with Gasteiger partial charge in [-0.05, 0) is 5.56 Å². The first-order valence-corrected chi connectivity index (χ1v) is 10.8. The molecule has 1 aliphatic heterocycles. The van der Waals surface area contributed by atoms with E-state index in [-0.39, 0.29) is 17.4 Å². The first-order valence-electron chi connectivity index (χ1n) is 9.95. The van der Waals surface area contributed by atoms with Crippen LogP contribution in [0, 0.1) is 0 Å². The highest BCUT2D eigenvalue weighted by Crippen LogP contribution is 2.37. The molecular formula is C23H19N3O6S. The van der Waals surface area contributed by atoms with Crippen LogP contribution < -0.4 is 9.47 Å². The second-order valence-corrected chi connectivity index (χ2v) is 8.09. The predicted octanol–water partition coefficient (Wildman–Crippen LogP) is 4.11. The molecule has 0 unspecified atom stereocenters. The monoisotopic (exact) mass is 465 g/mol. The molecule has 0 spiro atoms. The molecule has 3 heterocycles. The van der Waals surface area contributed by atoms with Crippen molar-refractivity contribution in [2.45, 2.75) is 6.42 Å². The zero-order valence-corrected chi connectivity index (χ0v) is 18.6. The number of aromatic carboxylic acids is 1. The first-order chi connectivity index (χ1) is 16.1. The van der Waals surface area contributed by atoms with Crippen molar-refractivity contribution in [2.24, 2.45) is 0 Å². The van der Waals surface area contributed by atoms with E-state index in [4.69, 9.17) is 18.9 Å². The van der Waals surface area contributed by atoms with E-state index in [9.17, 15) is 9.90 Å². The summed E-state index contributed by atoms with van der Waals surface area (Å²) in [6, 6.07) is 13.3. The number of allylic oxidation sites excluding steroid dienone is 1. The van der Waals surface area contributed by atoms with Crippen LogP contribution in [0.1, 0.15) is 20.9 Å². The minimum absolute atomic E-state index is 0.00835. The third-order valence-electron chi connectivity index (χ3n) is 5.18. The summed E-state index contributed by atoms with van der Waals surface area (Å²) in [5, 5.41) is 10.3. The molecule has 0 saturated carbocycles. The number of ether oxygens (including phenoxy) is 4. The standard InChI is InChI=1S/C23H19N3O6S/c1-29-16-9-14-15(10-17(16)30-2)26(11-24-14)23-25-19(21(33-23)22(27)28)20-18(31-12-32-20)8-13-6-4-3-5-7-13/h3-7,9-11H,8,12H2,1-2H3,(H,27,28). The Bertz CT molecular complexity index is 1380. The lowest BCUT2D eigenvalue weighted by Gasteiger charge is -2.07. The van der Waals surface area contributed by atoms with Crippen molar-refractivity contribution in [1.29, 1.82) is 0 Å². The topological polar surface area (TPSA) is 105 Å². The highest BCUT2D eigenvalue weighted by Gasteiger charge is 2.29. The molecule has 0 radical (unpaired) electrons. The molecule has 5 rings (SSSR count). The molecule has 33 heavy (non-hydrogen) atoms. The van der Waals surface area contributed by atoms with Gasteiger partial charge in [0.25, 0.3) is 0 Å². The number of methoxy groups -OCH3 is 2. The molecule has 0 aliphatic carbocycles. The second-order valence-electron chi connectivity index (χ2n) is 7.11. The van der Waals surface area contributed by atoms with Crippen LogP contribution in [-0.2, 0) is 15.9 Å². The summed E-state index contributed by atoms with van der Waals surface area (Å²) < 4.78 is 23.8. The summed E-state index contributed by atoms with van der Waals surface area (Å²) in [4.78, 5) is 21.1. The number of thiazole rings is 1. The van der Waals surface area contributed by atoms with Crippen LogP contribution >= 0.6 is 11.3 Å². The number of fused-ring (bicyclic) bond motifs is 1. The Balaban J connectivity index is 1.61. The molecule has 4 aromatic rings. The summed E-state index contributed by atoms with van der Waals surface area (Å²) in [6.45, 7) is 0.00835. The molecule has 9 nitrogen and oxygen atoms in total. The minimum Gasteiger partial charge on any atom is -0.493 e. The number of benzene rings is 2. The maximum absolute atomic E-state index is 12.1. The molecule has 0 bridgehead atoms. The third kappa shape index (κ3) is 3.74. The Hall–Kier alpha value is -4.05. The van der Waals surface area contributed by atoms with Gasteiger partial charge < -0.3 is 24.1 Å². The fourth-order valence-corrected chi connectivity index (χ4v) is 4.50. The highest BCUT2D eigenvalue weighted by atomic mass is 32.1. The van der Waals surface area contributed by atoms with Crippen molar-refractivity contribution in [2.75, 3.05) is 21.0 Å². The molecule has 0 saturated heterocycles. The SMILES string of the molecule is COc1cc2ncn(-c3nc(C4=C(Cc5ccccc5)OCO4)c(C(=O)O)s3)c2cc1OC. The maximum Gasteiger partial charge on any atom is 0.348 e. The van der Waals surface area contributed by atoms with Gasteiger partial charge in [-0.1, -0.05) is 41.7 Å². The molecule has 2 aromatic heterocycles. The van der Waals surface area contributed by atoms with E-state index in [1.165, 1.54) is 0 Å². The summed E-state index contributed by atoms with van der Waals surface area (Å²) in [7, 11) is 3.10. The van der Waals surface area contributed by atoms with Gasteiger partial charge >= 0.3 is 5.97 Å². The van der Waals surface area contributed by atoms with Gasteiger partial charge in [0.2, 0.25) is 6.79 Å². The van der Waals surface area contributed by atoms with E-state index in [0.717, 1.165) is 16.9 Å². The van der Waals surface area contributed by atoms with Gasteiger partial charge in [0, 0.05) is 18.6 Å². The average molecular weight is 465 g/mol. The molecule has 168 valence electrons. The van der Waals surface area contributed by atoms with E-state index in [0.29, 0.717) is 45.6 Å². The van der Waals surface area contributed by atoms with E-state index < -0.39 is 5.97 Å². The number of aromatic nitrogens is 3. The van der Waals surface area contributed by atoms with Crippen LogP contribution in [0.3, 0.4) is 0 Å². The van der Waals surface area contributed by atoms with Crippen molar-refractivity contribution >= 4 is 34.1 Å². The molecular weight excluding hydrogens is 446 g/mol. The molecule has 0 atom stereocenters. The number of carbonyl (C=O) groups is 1. The summed E-state index contributed by atoms with van der Waals surface area (Å²) in [5.74, 6) is 0.861. The molecule has 2 aromatic carbocycles. The smallest absolute Gasteiger partial charge is 0.348 e. The zero-order valence-electron chi connectivity index (χ0n) is 17.8. The van der Waals surface area contributed by atoms with Crippen molar-refractivity contribution in [3.05, 3.63) is 70.7 Å². The van der Waals surface area contributed by atoms with Gasteiger partial charge in [0.05, 0.1) is 25.3 Å². The molecule has 1 N–H and O–H groups in total. The number of hydrogen-bond donors (Lipinski definition) is 1.